The quantitative estimate of drug-likeness (QED) is 0.256. The molecule has 4 aromatic rings. The molecule has 2 N–H and O–H groups in total. The molecule has 0 radical (unpaired) electrons. The van der Waals surface area contributed by atoms with Crippen LogP contribution in [0.15, 0.2) is 77.5 Å². The maximum absolute atomic E-state index is 13.0. The van der Waals surface area contributed by atoms with Crippen molar-refractivity contribution in [1.29, 1.82) is 0 Å². The number of amides is 1. The lowest BCUT2D eigenvalue weighted by Gasteiger charge is -2.17. The molecule has 0 fully saturated rings. The molecular weight excluding hydrogens is 588 g/mol. The lowest BCUT2D eigenvalue weighted by atomic mass is 9.93. The zero-order valence-corrected chi connectivity index (χ0v) is 27.0. The number of nitrogens with one attached hydrogen (secondary N) is 2. The van der Waals surface area contributed by atoms with Crippen LogP contribution in [0.2, 0.25) is 0 Å². The van der Waals surface area contributed by atoms with Crippen LogP contribution in [0.1, 0.15) is 60.9 Å². The van der Waals surface area contributed by atoms with E-state index in [4.69, 9.17) is 0 Å². The molecule has 1 aliphatic rings. The highest BCUT2D eigenvalue weighted by Crippen LogP contribution is 2.28. The first kappa shape index (κ1) is 31.8. The second kappa shape index (κ2) is 12.8. The minimum atomic E-state index is -2.97. The van der Waals surface area contributed by atoms with E-state index in [-0.39, 0.29) is 39.9 Å². The van der Waals surface area contributed by atoms with Gasteiger partial charge in [0.2, 0.25) is 0 Å². The summed E-state index contributed by atoms with van der Waals surface area (Å²) in [6.45, 7) is 7.99. The number of carbonyl (C=O) groups is 1. The average molecular weight is 627 g/mol. The van der Waals surface area contributed by atoms with E-state index in [0.29, 0.717) is 36.3 Å². The molecule has 2 aromatic carbocycles. The van der Waals surface area contributed by atoms with Crippen molar-refractivity contribution in [2.45, 2.75) is 52.4 Å². The van der Waals surface area contributed by atoms with Gasteiger partial charge in [0.15, 0.2) is 15.7 Å². The van der Waals surface area contributed by atoms with Crippen LogP contribution in [0.5, 0.6) is 0 Å². The first-order chi connectivity index (χ1) is 21.3. The van der Waals surface area contributed by atoms with Gasteiger partial charge in [-0.15, -0.1) is 0 Å². The summed E-state index contributed by atoms with van der Waals surface area (Å²) in [5.74, 6) is 0.198. The molecule has 0 atom stereocenters. The maximum atomic E-state index is 13.0. The van der Waals surface area contributed by atoms with Gasteiger partial charge in [0, 0.05) is 41.8 Å². The van der Waals surface area contributed by atoms with Gasteiger partial charge in [-0.3, -0.25) is 14.6 Å². The molecule has 1 aliphatic heterocycles. The van der Waals surface area contributed by atoms with Crippen LogP contribution < -0.4 is 16.2 Å². The van der Waals surface area contributed by atoms with E-state index in [2.05, 4.69) is 25.6 Å². The Labute approximate surface area is 263 Å². The fourth-order valence-electron chi connectivity index (χ4n) is 5.08. The van der Waals surface area contributed by atoms with Gasteiger partial charge in [-0.05, 0) is 55.5 Å². The van der Waals surface area contributed by atoms with Crippen molar-refractivity contribution >= 4 is 32.9 Å². The minimum Gasteiger partial charge on any atom is -0.336 e. The number of aryl methyl sites for hydroxylation is 1. The first-order valence-electron chi connectivity index (χ1n) is 14.8. The zero-order chi connectivity index (χ0) is 32.4. The summed E-state index contributed by atoms with van der Waals surface area (Å²) in [7, 11) is -1.30. The summed E-state index contributed by atoms with van der Waals surface area (Å²) in [6.07, 6.45) is 8.61. The van der Waals surface area contributed by atoms with Gasteiger partial charge in [0.25, 0.3) is 11.5 Å². The van der Waals surface area contributed by atoms with Gasteiger partial charge in [0.05, 0.1) is 29.1 Å². The third-order valence-corrected chi connectivity index (χ3v) is 9.51. The van der Waals surface area contributed by atoms with Gasteiger partial charge in [0.1, 0.15) is 5.69 Å². The summed E-state index contributed by atoms with van der Waals surface area (Å²) < 4.78 is 25.3. The molecule has 0 saturated carbocycles. The molecule has 3 heterocycles. The van der Waals surface area contributed by atoms with E-state index in [9.17, 15) is 18.0 Å². The van der Waals surface area contributed by atoms with E-state index < -0.39 is 9.84 Å². The van der Waals surface area contributed by atoms with Crippen LogP contribution in [0.4, 0.5) is 17.2 Å². The number of anilines is 3. The number of benzene rings is 2. The van der Waals surface area contributed by atoms with Crippen molar-refractivity contribution in [3.63, 3.8) is 0 Å². The van der Waals surface area contributed by atoms with E-state index in [1.54, 1.807) is 25.5 Å². The normalized spacial score (nSPS) is 14.7. The number of hydrogen-bond donors (Lipinski definition) is 2. The lowest BCUT2D eigenvalue weighted by molar-refractivity contribution is 0.102. The third kappa shape index (κ3) is 7.72. The number of aromatic nitrogens is 4. The van der Waals surface area contributed by atoms with Crippen LogP contribution >= 0.6 is 0 Å². The van der Waals surface area contributed by atoms with Crippen molar-refractivity contribution in [3.8, 4) is 11.3 Å². The van der Waals surface area contributed by atoms with E-state index in [0.717, 1.165) is 28.0 Å². The molecule has 10 nitrogen and oxygen atoms in total. The first-order valence-corrected chi connectivity index (χ1v) is 16.7. The Hall–Kier alpha value is -4.64. The Morgan fingerprint density at radius 3 is 2.47 bits per heavy atom. The van der Waals surface area contributed by atoms with E-state index in [1.807, 2.05) is 70.2 Å². The number of allylic oxidation sites excluding steroid dienone is 2. The molecule has 234 valence electrons. The monoisotopic (exact) mass is 626 g/mol. The van der Waals surface area contributed by atoms with Gasteiger partial charge in [-0.2, -0.15) is 0 Å². The molecule has 0 aliphatic carbocycles. The van der Waals surface area contributed by atoms with Gasteiger partial charge < -0.3 is 15.2 Å². The molecule has 0 unspecified atom stereocenters. The minimum absolute atomic E-state index is 0.169. The molecule has 1 amide bonds. The molecular formula is C34H38N6O4S. The van der Waals surface area contributed by atoms with Crippen LogP contribution in [0.25, 0.3) is 11.3 Å². The summed E-state index contributed by atoms with van der Waals surface area (Å²) >= 11 is 0. The molecule has 2 aromatic heterocycles. The van der Waals surface area contributed by atoms with Gasteiger partial charge >= 0.3 is 0 Å². The number of hydrogen-bond acceptors (Lipinski definition) is 8. The van der Waals surface area contributed by atoms with Crippen LogP contribution in [-0.2, 0) is 28.7 Å². The van der Waals surface area contributed by atoms with E-state index in [1.165, 1.54) is 10.8 Å². The molecule has 0 saturated heterocycles. The fourth-order valence-corrected chi connectivity index (χ4v) is 6.34. The van der Waals surface area contributed by atoms with E-state index >= 15 is 0 Å². The van der Waals surface area contributed by atoms with Crippen molar-refractivity contribution < 1.29 is 13.2 Å². The number of nitrogens with zero attached hydrogens (tertiary/aromatic N) is 4. The second-order valence-electron chi connectivity index (χ2n) is 12.4. The number of carbonyl (C=O) groups excluding carboxylic acids is 1. The smallest absolute Gasteiger partial charge is 0.293 e. The number of sulfone groups is 1. The molecule has 11 heteroatoms. The van der Waals surface area contributed by atoms with Gasteiger partial charge in [-0.1, -0.05) is 56.7 Å². The van der Waals surface area contributed by atoms with Crippen LogP contribution in [-0.4, -0.2) is 45.3 Å². The SMILES string of the molecule is Cc1c(NC(=O)c2cnc(C(C)(C)C)cn2)cccc1-c1cn(C)c(=O)c(Nc2ccc(CC3=CCCS(=O)(=O)CC3)cc2)n1. The Morgan fingerprint density at radius 2 is 1.78 bits per heavy atom. The largest absolute Gasteiger partial charge is 0.336 e. The van der Waals surface area contributed by atoms with Gasteiger partial charge in [-0.25, -0.2) is 18.4 Å². The maximum Gasteiger partial charge on any atom is 0.293 e. The predicted octanol–water partition coefficient (Wildman–Crippen LogP) is 5.52. The summed E-state index contributed by atoms with van der Waals surface area (Å²) in [6, 6.07) is 13.2. The Kier molecular flexibility index (Phi) is 9.01. The van der Waals surface area contributed by atoms with Crippen molar-refractivity contribution in [3.05, 3.63) is 106 Å². The molecule has 45 heavy (non-hydrogen) atoms. The highest BCUT2D eigenvalue weighted by molar-refractivity contribution is 7.91. The Bertz CT molecular complexity index is 1920. The predicted molar refractivity (Wildman–Crippen MR) is 178 cm³/mol. The third-order valence-electron chi connectivity index (χ3n) is 7.83. The van der Waals surface area contributed by atoms with Crippen molar-refractivity contribution in [2.24, 2.45) is 7.05 Å². The highest BCUT2D eigenvalue weighted by atomic mass is 32.2. The summed E-state index contributed by atoms with van der Waals surface area (Å²) in [5, 5.41) is 6.08. The summed E-state index contributed by atoms with van der Waals surface area (Å²) in [5.41, 5.74) is 6.15. The molecule has 0 bridgehead atoms. The zero-order valence-electron chi connectivity index (χ0n) is 26.2. The second-order valence-corrected chi connectivity index (χ2v) is 14.7. The van der Waals surface area contributed by atoms with Crippen molar-refractivity contribution in [1.82, 2.24) is 19.5 Å². The Morgan fingerprint density at radius 1 is 1.02 bits per heavy atom. The van der Waals surface area contributed by atoms with Crippen LogP contribution in [0, 0.1) is 6.92 Å². The average Bonchev–Trinajstić information content (AvgIpc) is 3.16. The highest BCUT2D eigenvalue weighted by Gasteiger charge is 2.19. The lowest BCUT2D eigenvalue weighted by Crippen LogP contribution is -2.21. The molecule has 5 rings (SSSR count). The topological polar surface area (TPSA) is 136 Å². The standard InChI is InChI=1S/C34H38N6O4S/c1-22-26(9-6-10-27(22)39-32(41)28-19-36-30(20-35-28)34(2,3)4)29-21-40(5)33(42)31(38-29)37-25-13-11-24(12-14-25)18-23-8-7-16-45(43,44)17-15-23/h6,8-14,19-21H,7,15-18H2,1-5H3,(H,37,38)(H,39,41). The van der Waals surface area contributed by atoms with Crippen molar-refractivity contribution in [2.75, 3.05) is 22.1 Å². The summed E-state index contributed by atoms with van der Waals surface area (Å²) in [4.78, 5) is 39.4. The Balaban J connectivity index is 1.33. The molecule has 0 spiro atoms. The fraction of sp³-hybridized carbons (Fsp3) is 0.324. The van der Waals surface area contributed by atoms with Crippen LogP contribution in [0.3, 0.4) is 0 Å². The number of rotatable bonds is 7.